The molecule has 0 radical (unpaired) electrons. The maximum Gasteiger partial charge on any atom is 0.213 e. The zero-order chi connectivity index (χ0) is 26.2. The van der Waals surface area contributed by atoms with Crippen LogP contribution >= 0.6 is 0 Å². The Bertz CT molecular complexity index is 1570. The number of sulfone groups is 1. The van der Waals surface area contributed by atoms with Crippen LogP contribution < -0.4 is 14.2 Å². The number of pyridine rings is 1. The van der Waals surface area contributed by atoms with Crippen LogP contribution in [0.5, 0.6) is 17.4 Å². The molecular formula is C25H25N5O6S. The summed E-state index contributed by atoms with van der Waals surface area (Å²) in [6, 6.07) is 10.7. The smallest absolute Gasteiger partial charge is 0.213 e. The van der Waals surface area contributed by atoms with Crippen LogP contribution in [0.2, 0.25) is 0 Å². The molecule has 0 saturated heterocycles. The number of carbonyl (C=O) groups is 1. The minimum absolute atomic E-state index is 0.0420. The maximum atomic E-state index is 12.8. The van der Waals surface area contributed by atoms with Gasteiger partial charge in [0, 0.05) is 18.9 Å². The number of carbonyl (C=O) groups excluding carboxylic acids is 1. The van der Waals surface area contributed by atoms with E-state index >= 15 is 0 Å². The molecule has 1 aliphatic carbocycles. The highest BCUT2D eigenvalue weighted by Crippen LogP contribution is 2.38. The highest BCUT2D eigenvalue weighted by atomic mass is 32.2. The van der Waals surface area contributed by atoms with Crippen LogP contribution in [0.25, 0.3) is 28.5 Å². The van der Waals surface area contributed by atoms with Gasteiger partial charge in [0.2, 0.25) is 5.88 Å². The van der Waals surface area contributed by atoms with E-state index in [9.17, 15) is 13.2 Å². The van der Waals surface area contributed by atoms with Crippen LogP contribution in [0, 0.1) is 0 Å². The molecule has 1 aromatic carbocycles. The number of ketones is 1. The fraction of sp³-hybridized carbons (Fsp3) is 0.320. The molecule has 37 heavy (non-hydrogen) atoms. The Morgan fingerprint density at radius 3 is 2.35 bits per heavy atom. The standard InChI is InChI=1S/C25H25N5O6S/c1-4-36-21-10-5-7-18(28-21)24-29-23-25(30(24)22-19(34-2)8-6-9-20(22)35-3)27-15(13-26-23)14-37(32,33)17-11-16(31)12-17/h5-10,13,17H,4,11-12,14H2,1-3H3. The van der Waals surface area contributed by atoms with Gasteiger partial charge in [-0.1, -0.05) is 12.1 Å². The lowest BCUT2D eigenvalue weighted by Crippen LogP contribution is -2.36. The zero-order valence-electron chi connectivity index (χ0n) is 20.5. The van der Waals surface area contributed by atoms with Gasteiger partial charge >= 0.3 is 0 Å². The van der Waals surface area contributed by atoms with Gasteiger partial charge in [0.05, 0.1) is 43.7 Å². The Hall–Kier alpha value is -4.06. The van der Waals surface area contributed by atoms with Crippen molar-refractivity contribution in [1.82, 2.24) is 24.5 Å². The van der Waals surface area contributed by atoms with Crippen molar-refractivity contribution in [3.8, 4) is 34.6 Å². The van der Waals surface area contributed by atoms with Gasteiger partial charge in [0.15, 0.2) is 27.0 Å². The summed E-state index contributed by atoms with van der Waals surface area (Å²) in [6.07, 6.45) is 1.48. The van der Waals surface area contributed by atoms with Gasteiger partial charge in [0.25, 0.3) is 0 Å². The number of rotatable bonds is 9. The SMILES string of the molecule is CCOc1cccc(-c2nc3ncc(CS(=O)(=O)C4CC(=O)C4)nc3n2-c2c(OC)cccc2OC)n1. The van der Waals surface area contributed by atoms with Crippen molar-refractivity contribution in [2.45, 2.75) is 30.8 Å². The number of benzene rings is 1. The van der Waals surface area contributed by atoms with Crippen LogP contribution in [0.15, 0.2) is 42.6 Å². The molecule has 0 spiro atoms. The number of nitrogens with zero attached hydrogens (tertiary/aromatic N) is 5. The lowest BCUT2D eigenvalue weighted by Gasteiger charge is -2.23. The van der Waals surface area contributed by atoms with Crippen LogP contribution in [-0.4, -0.2) is 64.8 Å². The van der Waals surface area contributed by atoms with Crippen LogP contribution in [0.1, 0.15) is 25.5 Å². The molecule has 0 atom stereocenters. The third-order valence-electron chi connectivity index (χ3n) is 6.06. The second-order valence-corrected chi connectivity index (χ2v) is 10.7. The highest BCUT2D eigenvalue weighted by Gasteiger charge is 2.38. The van der Waals surface area contributed by atoms with Crippen LogP contribution in [0.3, 0.4) is 0 Å². The second-order valence-electron chi connectivity index (χ2n) is 8.46. The summed E-state index contributed by atoms with van der Waals surface area (Å²) in [5, 5.41) is -0.683. The van der Waals surface area contributed by atoms with Gasteiger partial charge in [-0.05, 0) is 25.1 Å². The molecule has 0 amide bonds. The van der Waals surface area contributed by atoms with E-state index in [0.717, 1.165) is 0 Å². The van der Waals surface area contributed by atoms with E-state index in [2.05, 4.69) is 19.9 Å². The number of Topliss-reactive ketones (excluding diaryl/α,β-unsaturated/α-hetero) is 1. The first-order valence-corrected chi connectivity index (χ1v) is 13.4. The molecule has 5 rings (SSSR count). The molecule has 0 bridgehead atoms. The van der Waals surface area contributed by atoms with Gasteiger partial charge in [-0.3, -0.25) is 9.36 Å². The van der Waals surface area contributed by atoms with E-state index in [1.807, 2.05) is 6.92 Å². The molecule has 1 fully saturated rings. The van der Waals surface area contributed by atoms with Gasteiger partial charge in [-0.25, -0.2) is 28.4 Å². The molecule has 1 aliphatic rings. The number of hydrogen-bond acceptors (Lipinski definition) is 10. The van der Waals surface area contributed by atoms with E-state index < -0.39 is 15.1 Å². The Kier molecular flexibility index (Phi) is 6.50. The van der Waals surface area contributed by atoms with E-state index in [-0.39, 0.29) is 35.7 Å². The summed E-state index contributed by atoms with van der Waals surface area (Å²) in [5.41, 5.74) is 1.82. The maximum absolute atomic E-state index is 12.8. The summed E-state index contributed by atoms with van der Waals surface area (Å²) in [7, 11) is -0.497. The highest BCUT2D eigenvalue weighted by molar-refractivity contribution is 7.91. The van der Waals surface area contributed by atoms with Crippen molar-refractivity contribution in [2.24, 2.45) is 0 Å². The quantitative estimate of drug-likeness (QED) is 0.322. The predicted molar refractivity (Wildman–Crippen MR) is 135 cm³/mol. The Labute approximate surface area is 213 Å². The fourth-order valence-electron chi connectivity index (χ4n) is 4.19. The molecule has 1 saturated carbocycles. The van der Waals surface area contributed by atoms with Gasteiger partial charge < -0.3 is 14.2 Å². The first kappa shape index (κ1) is 24.6. The third-order valence-corrected chi connectivity index (χ3v) is 8.11. The van der Waals surface area contributed by atoms with Crippen molar-refractivity contribution in [2.75, 3.05) is 20.8 Å². The molecule has 192 valence electrons. The Morgan fingerprint density at radius 2 is 1.70 bits per heavy atom. The van der Waals surface area contributed by atoms with Gasteiger partial charge in [-0.2, -0.15) is 0 Å². The number of aromatic nitrogens is 5. The van der Waals surface area contributed by atoms with Crippen molar-refractivity contribution in [3.63, 3.8) is 0 Å². The van der Waals surface area contributed by atoms with E-state index in [1.54, 1.807) is 41.0 Å². The number of imidazole rings is 1. The first-order valence-electron chi connectivity index (χ1n) is 11.6. The number of methoxy groups -OCH3 is 2. The fourth-order valence-corrected chi connectivity index (χ4v) is 5.85. The Balaban J connectivity index is 1.72. The van der Waals surface area contributed by atoms with Gasteiger partial charge in [0.1, 0.15) is 28.7 Å². The lowest BCUT2D eigenvalue weighted by atomic mass is 9.98. The average molecular weight is 524 g/mol. The predicted octanol–water partition coefficient (Wildman–Crippen LogP) is 2.94. The topological polar surface area (TPSA) is 135 Å². The monoisotopic (exact) mass is 523 g/mol. The molecule has 0 aliphatic heterocycles. The second kappa shape index (κ2) is 9.77. The number of fused-ring (bicyclic) bond motifs is 1. The summed E-state index contributed by atoms with van der Waals surface area (Å²) in [4.78, 5) is 29.7. The number of ether oxygens (including phenoxy) is 3. The first-order chi connectivity index (χ1) is 17.8. The number of para-hydroxylation sites is 1. The summed E-state index contributed by atoms with van der Waals surface area (Å²) >= 11 is 0. The van der Waals surface area contributed by atoms with Crippen molar-refractivity contribution >= 4 is 26.9 Å². The Morgan fingerprint density at radius 1 is 1.00 bits per heavy atom. The molecular weight excluding hydrogens is 498 g/mol. The minimum Gasteiger partial charge on any atom is -0.494 e. The van der Waals surface area contributed by atoms with E-state index in [4.69, 9.17) is 14.2 Å². The normalized spacial score (nSPS) is 14.0. The molecule has 4 aromatic rings. The molecule has 0 N–H and O–H groups in total. The molecule has 3 heterocycles. The van der Waals surface area contributed by atoms with Crippen molar-refractivity contribution in [3.05, 3.63) is 48.3 Å². The molecule has 11 nitrogen and oxygen atoms in total. The largest absolute Gasteiger partial charge is 0.494 e. The summed E-state index contributed by atoms with van der Waals surface area (Å²) in [6.45, 7) is 2.31. The molecule has 3 aromatic heterocycles. The summed E-state index contributed by atoms with van der Waals surface area (Å²) in [5.74, 6) is 1.39. The van der Waals surface area contributed by atoms with Crippen molar-refractivity contribution in [1.29, 1.82) is 0 Å². The summed E-state index contributed by atoms with van der Waals surface area (Å²) < 4.78 is 44.2. The average Bonchev–Trinajstić information content (AvgIpc) is 3.24. The van der Waals surface area contributed by atoms with E-state index in [1.165, 1.54) is 20.4 Å². The zero-order valence-corrected chi connectivity index (χ0v) is 21.4. The van der Waals surface area contributed by atoms with E-state index in [0.29, 0.717) is 46.8 Å². The lowest BCUT2D eigenvalue weighted by molar-refractivity contribution is -0.123. The van der Waals surface area contributed by atoms with Crippen LogP contribution in [0.4, 0.5) is 0 Å². The van der Waals surface area contributed by atoms with Crippen molar-refractivity contribution < 1.29 is 27.4 Å². The molecule has 12 heteroatoms. The third kappa shape index (κ3) is 4.59. The van der Waals surface area contributed by atoms with Gasteiger partial charge in [-0.15, -0.1) is 0 Å². The minimum atomic E-state index is -3.57. The molecule has 0 unspecified atom stereocenters. The van der Waals surface area contributed by atoms with Crippen LogP contribution in [-0.2, 0) is 20.4 Å². The number of hydrogen-bond donors (Lipinski definition) is 0.